The number of ether oxygens (including phenoxy) is 1. The Morgan fingerprint density at radius 2 is 1.97 bits per heavy atom. The zero-order valence-electron chi connectivity index (χ0n) is 16.6. The number of anilines is 2. The third-order valence-electron chi connectivity index (χ3n) is 6.07. The third kappa shape index (κ3) is 3.33. The summed E-state index contributed by atoms with van der Waals surface area (Å²) in [5, 5.41) is 0. The number of nitrogens with zero attached hydrogens (tertiary/aromatic N) is 3. The maximum atomic E-state index is 13.3. The van der Waals surface area contributed by atoms with Crippen molar-refractivity contribution in [2.45, 2.75) is 25.7 Å². The Bertz CT molecular complexity index is 1000. The first-order valence-electron chi connectivity index (χ1n) is 10.3. The molecule has 1 aromatic heterocycles. The second-order valence-electron chi connectivity index (χ2n) is 7.81. The lowest BCUT2D eigenvalue weighted by Crippen LogP contribution is -2.44. The number of methoxy groups -OCH3 is 1. The normalized spacial score (nSPS) is 17.4. The monoisotopic (exact) mass is 391 g/mol. The van der Waals surface area contributed by atoms with Gasteiger partial charge in [0.05, 0.1) is 7.11 Å². The molecule has 0 spiro atoms. The average molecular weight is 391 g/mol. The van der Waals surface area contributed by atoms with Crippen LogP contribution in [-0.4, -0.2) is 37.6 Å². The van der Waals surface area contributed by atoms with E-state index in [9.17, 15) is 4.79 Å². The molecule has 3 heterocycles. The van der Waals surface area contributed by atoms with Gasteiger partial charge < -0.3 is 19.0 Å². The molecule has 6 heteroatoms. The van der Waals surface area contributed by atoms with Crippen molar-refractivity contribution < 1.29 is 13.9 Å². The molecule has 2 aliphatic heterocycles. The number of benzene rings is 2. The summed E-state index contributed by atoms with van der Waals surface area (Å²) in [5.41, 5.74) is 3.93. The summed E-state index contributed by atoms with van der Waals surface area (Å²) in [5.74, 6) is 1.14. The number of amides is 1. The van der Waals surface area contributed by atoms with E-state index in [0.29, 0.717) is 6.01 Å². The van der Waals surface area contributed by atoms with Gasteiger partial charge in [-0.15, -0.1) is 0 Å². The summed E-state index contributed by atoms with van der Waals surface area (Å²) >= 11 is 0. The number of piperidine rings is 1. The van der Waals surface area contributed by atoms with E-state index in [2.05, 4.69) is 16.0 Å². The molecule has 0 bridgehead atoms. The number of aryl methyl sites for hydroxylation is 1. The summed E-state index contributed by atoms with van der Waals surface area (Å²) in [7, 11) is 1.68. The molecule has 0 saturated carbocycles. The lowest BCUT2D eigenvalue weighted by Gasteiger charge is -2.36. The minimum absolute atomic E-state index is 0.0451. The zero-order valence-corrected chi connectivity index (χ0v) is 16.6. The van der Waals surface area contributed by atoms with E-state index in [1.165, 1.54) is 5.56 Å². The van der Waals surface area contributed by atoms with E-state index in [-0.39, 0.29) is 11.8 Å². The van der Waals surface area contributed by atoms with Gasteiger partial charge in [0.2, 0.25) is 5.91 Å². The van der Waals surface area contributed by atoms with Crippen molar-refractivity contribution in [3.8, 4) is 5.75 Å². The molecule has 2 aromatic carbocycles. The van der Waals surface area contributed by atoms with Crippen LogP contribution in [0.1, 0.15) is 24.8 Å². The van der Waals surface area contributed by atoms with Crippen molar-refractivity contribution in [3.05, 3.63) is 48.0 Å². The second-order valence-corrected chi connectivity index (χ2v) is 7.81. The molecule has 0 unspecified atom stereocenters. The van der Waals surface area contributed by atoms with Crippen molar-refractivity contribution in [1.29, 1.82) is 0 Å². The lowest BCUT2D eigenvalue weighted by molar-refractivity contribution is -0.123. The standard InChI is InChI=1S/C23H25N3O3/c1-28-18-8-9-20-17(15-18)5-4-12-26(20)22(27)16-10-13-25(14-11-16)23-24-19-6-2-3-7-21(19)29-23/h2-3,6-9,15-16H,4-5,10-14H2,1H3. The van der Waals surface area contributed by atoms with Gasteiger partial charge in [0, 0.05) is 31.2 Å². The first-order chi connectivity index (χ1) is 14.2. The molecular weight excluding hydrogens is 366 g/mol. The van der Waals surface area contributed by atoms with Gasteiger partial charge in [-0.2, -0.15) is 4.98 Å². The maximum absolute atomic E-state index is 13.3. The van der Waals surface area contributed by atoms with E-state index in [1.807, 2.05) is 41.3 Å². The predicted molar refractivity (Wildman–Crippen MR) is 113 cm³/mol. The number of oxazole rings is 1. The van der Waals surface area contributed by atoms with Crippen LogP contribution in [0.15, 0.2) is 46.9 Å². The third-order valence-corrected chi connectivity index (χ3v) is 6.07. The Morgan fingerprint density at radius 1 is 1.14 bits per heavy atom. The maximum Gasteiger partial charge on any atom is 0.298 e. The van der Waals surface area contributed by atoms with E-state index in [4.69, 9.17) is 9.15 Å². The van der Waals surface area contributed by atoms with E-state index >= 15 is 0 Å². The highest BCUT2D eigenvalue weighted by Gasteiger charge is 2.32. The average Bonchev–Trinajstić information content (AvgIpc) is 3.22. The number of rotatable bonds is 3. The predicted octanol–water partition coefficient (Wildman–Crippen LogP) is 4.03. The Balaban J connectivity index is 1.28. The number of fused-ring (bicyclic) bond motifs is 2. The van der Waals surface area contributed by atoms with Crippen LogP contribution >= 0.6 is 0 Å². The Labute approximate surface area is 170 Å². The van der Waals surface area contributed by atoms with Gasteiger partial charge in [0.15, 0.2) is 5.58 Å². The van der Waals surface area contributed by atoms with Crippen LogP contribution in [-0.2, 0) is 11.2 Å². The number of hydrogen-bond donors (Lipinski definition) is 0. The van der Waals surface area contributed by atoms with Crippen molar-refractivity contribution in [2.24, 2.45) is 5.92 Å². The number of carbonyl (C=O) groups excluding carboxylic acids is 1. The summed E-state index contributed by atoms with van der Waals surface area (Å²) in [4.78, 5) is 22.0. The van der Waals surface area contributed by atoms with E-state index in [1.54, 1.807) is 7.11 Å². The fraction of sp³-hybridized carbons (Fsp3) is 0.391. The molecule has 0 N–H and O–H groups in total. The molecule has 29 heavy (non-hydrogen) atoms. The van der Waals surface area contributed by atoms with Crippen molar-refractivity contribution in [2.75, 3.05) is 36.5 Å². The van der Waals surface area contributed by atoms with Gasteiger partial charge in [0.25, 0.3) is 6.01 Å². The van der Waals surface area contributed by atoms with Crippen molar-refractivity contribution in [1.82, 2.24) is 4.98 Å². The topological polar surface area (TPSA) is 58.8 Å². The minimum Gasteiger partial charge on any atom is -0.497 e. The molecule has 5 rings (SSSR count). The highest BCUT2D eigenvalue weighted by atomic mass is 16.5. The number of para-hydroxylation sites is 2. The van der Waals surface area contributed by atoms with Gasteiger partial charge in [-0.25, -0.2) is 0 Å². The zero-order chi connectivity index (χ0) is 19.8. The highest BCUT2D eigenvalue weighted by Crippen LogP contribution is 2.33. The molecule has 0 aliphatic carbocycles. The molecule has 0 atom stereocenters. The van der Waals surface area contributed by atoms with Crippen molar-refractivity contribution >= 4 is 28.7 Å². The molecule has 150 valence electrons. The molecular formula is C23H25N3O3. The highest BCUT2D eigenvalue weighted by molar-refractivity contribution is 5.96. The number of aromatic nitrogens is 1. The molecule has 3 aromatic rings. The van der Waals surface area contributed by atoms with Gasteiger partial charge in [-0.05, 0) is 61.6 Å². The quantitative estimate of drug-likeness (QED) is 0.675. The van der Waals surface area contributed by atoms with Crippen LogP contribution in [0.5, 0.6) is 5.75 Å². The van der Waals surface area contributed by atoms with Crippen molar-refractivity contribution in [3.63, 3.8) is 0 Å². The van der Waals surface area contributed by atoms with Gasteiger partial charge >= 0.3 is 0 Å². The molecule has 0 radical (unpaired) electrons. The van der Waals surface area contributed by atoms with Crippen LogP contribution in [0, 0.1) is 5.92 Å². The van der Waals surface area contributed by atoms with Gasteiger partial charge in [-0.1, -0.05) is 12.1 Å². The van der Waals surface area contributed by atoms with Gasteiger partial charge in [0.1, 0.15) is 11.3 Å². The molecule has 1 saturated heterocycles. The van der Waals surface area contributed by atoms with Gasteiger partial charge in [-0.3, -0.25) is 4.79 Å². The fourth-order valence-electron chi connectivity index (χ4n) is 4.46. The Hall–Kier alpha value is -3.02. The lowest BCUT2D eigenvalue weighted by atomic mass is 9.93. The smallest absolute Gasteiger partial charge is 0.298 e. The van der Waals surface area contributed by atoms with E-state index < -0.39 is 0 Å². The summed E-state index contributed by atoms with van der Waals surface area (Å²) in [6.45, 7) is 2.36. The minimum atomic E-state index is 0.0451. The SMILES string of the molecule is COc1ccc2c(c1)CCCN2C(=O)C1CCN(c2nc3ccccc3o2)CC1. The number of carbonyl (C=O) groups is 1. The van der Waals surface area contributed by atoms with Crippen LogP contribution < -0.4 is 14.5 Å². The van der Waals surface area contributed by atoms with Crippen LogP contribution in [0.25, 0.3) is 11.1 Å². The summed E-state index contributed by atoms with van der Waals surface area (Å²) in [6.07, 6.45) is 3.62. The number of hydrogen-bond acceptors (Lipinski definition) is 5. The summed E-state index contributed by atoms with van der Waals surface area (Å²) < 4.78 is 11.2. The summed E-state index contributed by atoms with van der Waals surface area (Å²) in [6, 6.07) is 14.5. The Kier molecular flexibility index (Phi) is 4.62. The fourth-order valence-corrected chi connectivity index (χ4v) is 4.46. The molecule has 2 aliphatic rings. The van der Waals surface area contributed by atoms with Crippen LogP contribution in [0.4, 0.5) is 11.7 Å². The molecule has 6 nitrogen and oxygen atoms in total. The first-order valence-corrected chi connectivity index (χ1v) is 10.3. The van der Waals surface area contributed by atoms with Crippen LogP contribution in [0.3, 0.4) is 0 Å². The Morgan fingerprint density at radius 3 is 2.76 bits per heavy atom. The van der Waals surface area contributed by atoms with E-state index in [0.717, 1.165) is 67.9 Å². The molecule has 1 fully saturated rings. The second kappa shape index (κ2) is 7.43. The molecule has 1 amide bonds. The van der Waals surface area contributed by atoms with Crippen LogP contribution in [0.2, 0.25) is 0 Å². The first kappa shape index (κ1) is 18.0. The largest absolute Gasteiger partial charge is 0.497 e.